The van der Waals surface area contributed by atoms with Crippen LogP contribution in [0.15, 0.2) is 24.3 Å². The Balaban J connectivity index is 2.19. The van der Waals surface area contributed by atoms with Crippen molar-refractivity contribution in [2.45, 2.75) is 32.2 Å². The van der Waals surface area contributed by atoms with Crippen LogP contribution in [0.3, 0.4) is 0 Å². The highest BCUT2D eigenvalue weighted by Gasteiger charge is 2.30. The fraction of sp³-hybridized carbons (Fsp3) is 0.467. The number of carboxylic acid groups (broad SMARTS) is 1. The van der Waals surface area contributed by atoms with E-state index in [2.05, 4.69) is 20.8 Å². The lowest BCUT2D eigenvalue weighted by atomic mass is 9.86. The second kappa shape index (κ2) is 5.48. The van der Waals surface area contributed by atoms with Gasteiger partial charge in [-0.15, -0.1) is 11.8 Å². The zero-order chi connectivity index (χ0) is 14.9. The fourth-order valence-electron chi connectivity index (χ4n) is 2.12. The molecule has 1 amide bonds. The SMILES string of the molecule is CC(C)(C)c1ccc(C(=O)N2CSC[C@@H]2C(=O)[O-])cc1. The zero-order valence-electron chi connectivity index (χ0n) is 11.9. The molecule has 4 nitrogen and oxygen atoms in total. The molecule has 0 bridgehead atoms. The summed E-state index contributed by atoms with van der Waals surface area (Å²) < 4.78 is 0. The second-order valence-electron chi connectivity index (χ2n) is 5.94. The molecule has 20 heavy (non-hydrogen) atoms. The van der Waals surface area contributed by atoms with E-state index in [4.69, 9.17) is 0 Å². The number of carbonyl (C=O) groups is 2. The molecule has 108 valence electrons. The van der Waals surface area contributed by atoms with E-state index in [1.54, 1.807) is 12.1 Å². The molecule has 1 aliphatic rings. The van der Waals surface area contributed by atoms with Crippen molar-refractivity contribution in [1.29, 1.82) is 0 Å². The summed E-state index contributed by atoms with van der Waals surface area (Å²) in [5, 5.41) is 11.0. The minimum absolute atomic E-state index is 0.0264. The van der Waals surface area contributed by atoms with Gasteiger partial charge in [0.2, 0.25) is 0 Å². The Morgan fingerprint density at radius 1 is 1.25 bits per heavy atom. The Morgan fingerprint density at radius 3 is 2.35 bits per heavy atom. The predicted molar refractivity (Wildman–Crippen MR) is 77.4 cm³/mol. The van der Waals surface area contributed by atoms with Crippen molar-refractivity contribution in [3.8, 4) is 0 Å². The normalized spacial score (nSPS) is 19.1. The number of amides is 1. The highest BCUT2D eigenvalue weighted by Crippen LogP contribution is 2.25. The third-order valence-electron chi connectivity index (χ3n) is 3.41. The maximum Gasteiger partial charge on any atom is 0.255 e. The molecule has 1 saturated heterocycles. The molecule has 0 spiro atoms. The molecule has 2 rings (SSSR count). The average molecular weight is 292 g/mol. The van der Waals surface area contributed by atoms with Crippen molar-refractivity contribution in [2.24, 2.45) is 0 Å². The molecule has 1 heterocycles. The van der Waals surface area contributed by atoms with Gasteiger partial charge in [-0.2, -0.15) is 0 Å². The number of benzene rings is 1. The molecule has 1 fully saturated rings. The van der Waals surface area contributed by atoms with Gasteiger partial charge in [0.05, 0.1) is 17.9 Å². The Labute approximate surface area is 123 Å². The van der Waals surface area contributed by atoms with E-state index in [9.17, 15) is 14.7 Å². The fourth-order valence-corrected chi connectivity index (χ4v) is 3.26. The molecular weight excluding hydrogens is 274 g/mol. The van der Waals surface area contributed by atoms with Crippen LogP contribution in [0.1, 0.15) is 36.7 Å². The van der Waals surface area contributed by atoms with Crippen LogP contribution in [0.25, 0.3) is 0 Å². The summed E-state index contributed by atoms with van der Waals surface area (Å²) in [7, 11) is 0. The topological polar surface area (TPSA) is 60.4 Å². The Kier molecular flexibility index (Phi) is 4.09. The van der Waals surface area contributed by atoms with Gasteiger partial charge in [-0.3, -0.25) is 4.79 Å². The first kappa shape index (κ1) is 14.9. The Hall–Kier alpha value is -1.49. The van der Waals surface area contributed by atoms with E-state index in [0.717, 1.165) is 5.56 Å². The van der Waals surface area contributed by atoms with Crippen molar-refractivity contribution in [1.82, 2.24) is 4.90 Å². The maximum absolute atomic E-state index is 12.3. The van der Waals surface area contributed by atoms with Crippen LogP contribution < -0.4 is 5.11 Å². The molecule has 1 aliphatic heterocycles. The van der Waals surface area contributed by atoms with Crippen LogP contribution in [0.4, 0.5) is 0 Å². The minimum Gasteiger partial charge on any atom is -0.548 e. The van der Waals surface area contributed by atoms with Crippen molar-refractivity contribution in [3.05, 3.63) is 35.4 Å². The van der Waals surface area contributed by atoms with Gasteiger partial charge >= 0.3 is 0 Å². The van der Waals surface area contributed by atoms with E-state index >= 15 is 0 Å². The summed E-state index contributed by atoms with van der Waals surface area (Å²) in [5.74, 6) is -0.633. The van der Waals surface area contributed by atoms with Crippen molar-refractivity contribution in [2.75, 3.05) is 11.6 Å². The molecule has 0 radical (unpaired) electrons. The lowest BCUT2D eigenvalue weighted by molar-refractivity contribution is -0.309. The summed E-state index contributed by atoms with van der Waals surface area (Å²) in [6.07, 6.45) is 0. The maximum atomic E-state index is 12.3. The number of carbonyl (C=O) groups excluding carboxylic acids is 2. The molecule has 1 atom stereocenters. The van der Waals surface area contributed by atoms with Crippen molar-refractivity contribution < 1.29 is 14.7 Å². The Morgan fingerprint density at radius 2 is 1.85 bits per heavy atom. The van der Waals surface area contributed by atoms with Crippen LogP contribution in [-0.2, 0) is 10.2 Å². The van der Waals surface area contributed by atoms with Gasteiger partial charge in [-0.1, -0.05) is 32.9 Å². The van der Waals surface area contributed by atoms with Gasteiger partial charge in [0.15, 0.2) is 0 Å². The zero-order valence-corrected chi connectivity index (χ0v) is 12.7. The molecule has 0 aliphatic carbocycles. The first-order valence-electron chi connectivity index (χ1n) is 6.51. The van der Waals surface area contributed by atoms with E-state index < -0.39 is 12.0 Å². The van der Waals surface area contributed by atoms with E-state index in [-0.39, 0.29) is 11.3 Å². The minimum atomic E-state index is -1.19. The van der Waals surface area contributed by atoms with Gasteiger partial charge in [0.1, 0.15) is 0 Å². The lowest BCUT2D eigenvalue weighted by Crippen LogP contribution is -2.48. The molecule has 0 aromatic heterocycles. The summed E-state index contributed by atoms with van der Waals surface area (Å²) in [6, 6.07) is 6.54. The third kappa shape index (κ3) is 2.98. The molecule has 0 unspecified atom stereocenters. The number of hydrogen-bond acceptors (Lipinski definition) is 4. The van der Waals surface area contributed by atoms with Gasteiger partial charge in [0, 0.05) is 11.3 Å². The number of aliphatic carboxylic acids is 1. The van der Waals surface area contributed by atoms with E-state index in [0.29, 0.717) is 17.2 Å². The summed E-state index contributed by atoms with van der Waals surface area (Å²) >= 11 is 1.43. The van der Waals surface area contributed by atoms with Gasteiger partial charge in [-0.05, 0) is 23.1 Å². The molecule has 5 heteroatoms. The highest BCUT2D eigenvalue weighted by atomic mass is 32.2. The van der Waals surface area contributed by atoms with E-state index in [1.165, 1.54) is 16.7 Å². The molecular formula is C15H18NO3S-. The standard InChI is InChI=1S/C15H19NO3S/c1-15(2,3)11-6-4-10(5-7-11)13(17)16-9-20-8-12(16)14(18)19/h4-7,12H,8-9H2,1-3H3,(H,18,19)/p-1/t12-/m1/s1. The van der Waals surface area contributed by atoms with Crippen LogP contribution in [0.2, 0.25) is 0 Å². The predicted octanol–water partition coefficient (Wildman–Crippen LogP) is 1.25. The first-order chi connectivity index (χ1) is 9.30. The van der Waals surface area contributed by atoms with Gasteiger partial charge < -0.3 is 14.8 Å². The monoisotopic (exact) mass is 292 g/mol. The molecule has 1 aromatic carbocycles. The molecule has 1 aromatic rings. The third-order valence-corrected chi connectivity index (χ3v) is 4.43. The van der Waals surface area contributed by atoms with Gasteiger partial charge in [0.25, 0.3) is 5.91 Å². The van der Waals surface area contributed by atoms with Crippen molar-refractivity contribution in [3.63, 3.8) is 0 Å². The first-order valence-corrected chi connectivity index (χ1v) is 7.66. The van der Waals surface area contributed by atoms with Crippen LogP contribution in [0.5, 0.6) is 0 Å². The molecule has 0 N–H and O–H groups in total. The quantitative estimate of drug-likeness (QED) is 0.823. The number of carboxylic acids is 1. The second-order valence-corrected chi connectivity index (χ2v) is 6.94. The molecule has 0 saturated carbocycles. The van der Waals surface area contributed by atoms with Crippen LogP contribution in [0, 0.1) is 0 Å². The average Bonchev–Trinajstić information content (AvgIpc) is 2.86. The lowest BCUT2D eigenvalue weighted by Gasteiger charge is -2.25. The van der Waals surface area contributed by atoms with Crippen LogP contribution in [-0.4, -0.2) is 34.4 Å². The number of nitrogens with zero attached hydrogens (tertiary/aromatic N) is 1. The highest BCUT2D eigenvalue weighted by molar-refractivity contribution is 7.99. The number of thioether (sulfide) groups is 1. The number of hydrogen-bond donors (Lipinski definition) is 0. The Bertz CT molecular complexity index is 519. The number of rotatable bonds is 2. The smallest absolute Gasteiger partial charge is 0.255 e. The van der Waals surface area contributed by atoms with Gasteiger partial charge in [-0.25, -0.2) is 0 Å². The summed E-state index contributed by atoms with van der Waals surface area (Å²) in [5.41, 5.74) is 1.69. The summed E-state index contributed by atoms with van der Waals surface area (Å²) in [4.78, 5) is 24.7. The van der Waals surface area contributed by atoms with Crippen molar-refractivity contribution >= 4 is 23.6 Å². The summed E-state index contributed by atoms with van der Waals surface area (Å²) in [6.45, 7) is 6.31. The van der Waals surface area contributed by atoms with Crippen LogP contribution >= 0.6 is 11.8 Å². The van der Waals surface area contributed by atoms with E-state index in [1.807, 2.05) is 12.1 Å². The largest absolute Gasteiger partial charge is 0.548 e.